The first kappa shape index (κ1) is 18.0. The summed E-state index contributed by atoms with van der Waals surface area (Å²) in [5.74, 6) is -1.36. The fraction of sp³-hybridized carbons (Fsp3) is 0.500. The summed E-state index contributed by atoms with van der Waals surface area (Å²) < 4.78 is 0. The molecular formula is C20H25N4O3. The Morgan fingerprint density at radius 3 is 2.37 bits per heavy atom. The average Bonchev–Trinajstić information content (AvgIpc) is 3.37. The maximum Gasteiger partial charge on any atom is 0.332 e. The Balaban J connectivity index is 1.65. The van der Waals surface area contributed by atoms with E-state index < -0.39 is 23.4 Å². The van der Waals surface area contributed by atoms with E-state index in [1.807, 2.05) is 12.1 Å². The Morgan fingerprint density at radius 1 is 1.19 bits per heavy atom. The van der Waals surface area contributed by atoms with Gasteiger partial charge in [-0.05, 0) is 57.5 Å². The van der Waals surface area contributed by atoms with Gasteiger partial charge in [-0.15, -0.1) is 0 Å². The van der Waals surface area contributed by atoms with Crippen molar-refractivity contribution < 1.29 is 14.4 Å². The van der Waals surface area contributed by atoms with Gasteiger partial charge in [-0.3, -0.25) is 9.59 Å². The maximum absolute atomic E-state index is 13.1. The second-order valence-electron chi connectivity index (χ2n) is 8.12. The number of amides is 4. The van der Waals surface area contributed by atoms with Crippen molar-refractivity contribution in [2.75, 3.05) is 32.1 Å². The van der Waals surface area contributed by atoms with Crippen molar-refractivity contribution in [1.29, 1.82) is 0 Å². The molecule has 143 valence electrons. The zero-order chi connectivity index (χ0) is 19.4. The molecule has 7 heteroatoms. The van der Waals surface area contributed by atoms with Crippen LogP contribution in [0.5, 0.6) is 0 Å². The molecule has 1 saturated carbocycles. The zero-order valence-electron chi connectivity index (χ0n) is 15.8. The molecule has 2 aliphatic heterocycles. The van der Waals surface area contributed by atoms with Gasteiger partial charge in [0.15, 0.2) is 0 Å². The third-order valence-corrected chi connectivity index (χ3v) is 5.99. The Morgan fingerprint density at radius 2 is 1.85 bits per heavy atom. The van der Waals surface area contributed by atoms with Gasteiger partial charge >= 0.3 is 6.03 Å². The molecule has 0 spiro atoms. The Hall–Kier alpha value is -2.41. The summed E-state index contributed by atoms with van der Waals surface area (Å²) >= 11 is 0. The number of benzene rings is 1. The van der Waals surface area contributed by atoms with E-state index in [1.165, 1.54) is 10.5 Å². The number of imide groups is 1. The molecule has 4 rings (SSSR count). The lowest BCUT2D eigenvalue weighted by molar-refractivity contribution is -0.136. The van der Waals surface area contributed by atoms with Crippen LogP contribution in [-0.4, -0.2) is 60.4 Å². The molecule has 2 heterocycles. The number of anilines is 1. The first-order valence-corrected chi connectivity index (χ1v) is 9.37. The molecule has 1 aromatic carbocycles. The molecule has 7 nitrogen and oxygen atoms in total. The van der Waals surface area contributed by atoms with Crippen molar-refractivity contribution in [3.8, 4) is 0 Å². The van der Waals surface area contributed by atoms with Gasteiger partial charge in [0, 0.05) is 24.9 Å². The van der Waals surface area contributed by atoms with Gasteiger partial charge in [0.1, 0.15) is 0 Å². The normalized spacial score (nSPS) is 26.5. The van der Waals surface area contributed by atoms with Crippen LogP contribution < -0.4 is 10.6 Å². The number of hydrogen-bond acceptors (Lipinski definition) is 4. The summed E-state index contributed by atoms with van der Waals surface area (Å²) in [6, 6.07) is 7.11. The minimum absolute atomic E-state index is 0.167. The van der Waals surface area contributed by atoms with Gasteiger partial charge in [0.2, 0.25) is 5.54 Å². The number of nitrogens with zero attached hydrogens (tertiary/aromatic N) is 3. The number of nitrogens with two attached hydrogens (primary N) is 1. The van der Waals surface area contributed by atoms with Crippen molar-refractivity contribution in [2.45, 2.75) is 36.6 Å². The molecule has 2 saturated heterocycles. The molecule has 3 aliphatic rings. The summed E-state index contributed by atoms with van der Waals surface area (Å²) in [5.41, 5.74) is 5.78. The van der Waals surface area contributed by atoms with Crippen molar-refractivity contribution in [2.24, 2.45) is 5.73 Å². The topological polar surface area (TPSA) is 86.9 Å². The van der Waals surface area contributed by atoms with Crippen molar-refractivity contribution in [1.82, 2.24) is 9.80 Å². The van der Waals surface area contributed by atoms with Gasteiger partial charge in [0.25, 0.3) is 11.8 Å². The highest BCUT2D eigenvalue weighted by atomic mass is 16.2. The van der Waals surface area contributed by atoms with Gasteiger partial charge in [-0.1, -0.05) is 12.1 Å². The van der Waals surface area contributed by atoms with Crippen molar-refractivity contribution in [3.05, 3.63) is 36.2 Å². The van der Waals surface area contributed by atoms with Gasteiger partial charge in [-0.2, -0.15) is 0 Å². The smallest absolute Gasteiger partial charge is 0.332 e. The number of primary amides is 1. The summed E-state index contributed by atoms with van der Waals surface area (Å²) in [4.78, 5) is 42.7. The number of hydrogen-bond donors (Lipinski definition) is 1. The summed E-state index contributed by atoms with van der Waals surface area (Å²) in [6.45, 7) is 1.33. The second kappa shape index (κ2) is 6.05. The van der Waals surface area contributed by atoms with E-state index in [2.05, 4.69) is 19.0 Å². The molecule has 0 aromatic heterocycles. The lowest BCUT2D eigenvalue weighted by atomic mass is 9.86. The Labute approximate surface area is 159 Å². The largest absolute Gasteiger partial charge is 0.367 e. The number of likely N-dealkylation sites (N-methyl/N-ethyl adjacent to an activating group) is 1. The average molecular weight is 369 g/mol. The molecule has 1 aliphatic carbocycles. The third-order valence-electron chi connectivity index (χ3n) is 5.99. The highest BCUT2D eigenvalue weighted by Crippen LogP contribution is 2.49. The molecule has 1 radical (unpaired) electrons. The second-order valence-corrected chi connectivity index (χ2v) is 8.12. The van der Waals surface area contributed by atoms with Gasteiger partial charge in [-0.25, -0.2) is 9.69 Å². The van der Waals surface area contributed by atoms with Crippen LogP contribution in [-0.2, 0) is 15.0 Å². The van der Waals surface area contributed by atoms with Crippen LogP contribution in [0.3, 0.4) is 0 Å². The number of fused-ring (bicyclic) bond motifs is 1. The summed E-state index contributed by atoms with van der Waals surface area (Å²) in [7, 11) is 4.12. The van der Waals surface area contributed by atoms with E-state index in [0.717, 1.165) is 24.3 Å². The van der Waals surface area contributed by atoms with E-state index >= 15 is 0 Å². The van der Waals surface area contributed by atoms with Crippen LogP contribution in [0.4, 0.5) is 10.5 Å². The van der Waals surface area contributed by atoms with E-state index in [9.17, 15) is 14.4 Å². The molecule has 27 heavy (non-hydrogen) atoms. The number of carbonyl (C=O) groups excluding carboxylic acids is 3. The number of urea groups is 1. The first-order chi connectivity index (χ1) is 12.8. The molecular weight excluding hydrogens is 344 g/mol. The Bertz CT molecular complexity index is 800. The highest BCUT2D eigenvalue weighted by molar-refractivity contribution is 6.31. The van der Waals surface area contributed by atoms with E-state index in [-0.39, 0.29) is 5.41 Å². The third kappa shape index (κ3) is 2.56. The van der Waals surface area contributed by atoms with Crippen LogP contribution in [0.25, 0.3) is 0 Å². The van der Waals surface area contributed by atoms with Gasteiger partial charge in [0.05, 0.1) is 5.69 Å². The molecule has 1 atom stereocenters. The summed E-state index contributed by atoms with van der Waals surface area (Å²) in [6.07, 6.45) is 5.16. The number of rotatable bonds is 5. The van der Waals surface area contributed by atoms with Crippen molar-refractivity contribution >= 4 is 23.5 Å². The molecule has 0 unspecified atom stereocenters. The molecule has 4 amide bonds. The molecule has 0 bridgehead atoms. The number of carbonyl (C=O) groups is 3. The monoisotopic (exact) mass is 369 g/mol. The van der Waals surface area contributed by atoms with Crippen LogP contribution in [0.1, 0.15) is 31.2 Å². The van der Waals surface area contributed by atoms with Crippen LogP contribution in [0.15, 0.2) is 24.3 Å². The van der Waals surface area contributed by atoms with Crippen molar-refractivity contribution in [3.63, 3.8) is 0 Å². The Kier molecular flexibility index (Phi) is 4.03. The highest BCUT2D eigenvalue weighted by Gasteiger charge is 2.62. The maximum atomic E-state index is 13.1. The minimum atomic E-state index is -1.64. The fourth-order valence-electron chi connectivity index (χ4n) is 4.50. The van der Waals surface area contributed by atoms with E-state index in [4.69, 9.17) is 5.73 Å². The van der Waals surface area contributed by atoms with E-state index in [1.54, 1.807) is 18.6 Å². The predicted octanol–water partition coefficient (Wildman–Crippen LogP) is 1.27. The zero-order valence-corrected chi connectivity index (χ0v) is 15.8. The quantitative estimate of drug-likeness (QED) is 0.625. The first-order valence-electron chi connectivity index (χ1n) is 9.37. The SMILES string of the molecule is CN(C)CC1(c2ccc(N3C(=O)N4CCC[CH][C@]4(C(N)=O)C3=O)cc2)CC1. The summed E-state index contributed by atoms with van der Waals surface area (Å²) in [5, 5.41) is 0. The molecule has 3 fully saturated rings. The lowest BCUT2D eigenvalue weighted by Gasteiger charge is -2.35. The van der Waals surface area contributed by atoms with Gasteiger partial charge < -0.3 is 15.5 Å². The fourth-order valence-corrected chi connectivity index (χ4v) is 4.50. The van der Waals surface area contributed by atoms with Crippen LogP contribution in [0, 0.1) is 6.42 Å². The van der Waals surface area contributed by atoms with Crippen LogP contribution >= 0.6 is 0 Å². The standard InChI is InChI=1S/C20H25N4O3/c1-22(2)13-19(10-11-19)14-5-7-15(8-6-14)24-17(26)20(16(21)25)9-3-4-12-23(20)18(24)27/h5-9H,3-4,10-13H2,1-2H3,(H2,21,25)/t20-/m0/s1. The van der Waals surface area contributed by atoms with E-state index in [0.29, 0.717) is 25.1 Å². The minimum Gasteiger partial charge on any atom is -0.367 e. The molecule has 2 N–H and O–H groups in total. The number of piperidine rings is 1. The molecule has 1 aromatic rings. The lowest BCUT2D eigenvalue weighted by Crippen LogP contribution is -2.61. The predicted molar refractivity (Wildman–Crippen MR) is 101 cm³/mol. The van der Waals surface area contributed by atoms with Crippen LogP contribution in [0.2, 0.25) is 0 Å².